The van der Waals surface area contributed by atoms with Gasteiger partial charge >= 0.3 is 0 Å². The molecule has 0 amide bonds. The maximum Gasteiger partial charge on any atom is 0.191 e. The molecule has 1 aliphatic carbocycles. The molecule has 122 valence electrons. The molecule has 6 heteroatoms. The fourth-order valence-corrected chi connectivity index (χ4v) is 3.67. The summed E-state index contributed by atoms with van der Waals surface area (Å²) in [5.41, 5.74) is 1.27. The van der Waals surface area contributed by atoms with E-state index in [1.807, 2.05) is 18.5 Å². The van der Waals surface area contributed by atoms with Crippen LogP contribution in [0, 0.1) is 0 Å². The number of benzene rings is 1. The van der Waals surface area contributed by atoms with Crippen molar-refractivity contribution in [1.29, 1.82) is 0 Å². The number of hydrogen-bond donors (Lipinski definition) is 0. The lowest BCUT2D eigenvalue weighted by Crippen LogP contribution is -2.16. The van der Waals surface area contributed by atoms with Crippen molar-refractivity contribution >= 4 is 11.8 Å². The summed E-state index contributed by atoms with van der Waals surface area (Å²) in [6.45, 7) is 1.52. The van der Waals surface area contributed by atoms with Gasteiger partial charge in [-0.05, 0) is 43.4 Å². The summed E-state index contributed by atoms with van der Waals surface area (Å²) in [5, 5.41) is 9.27. The van der Waals surface area contributed by atoms with Gasteiger partial charge in [0.05, 0.1) is 6.10 Å². The minimum Gasteiger partial charge on any atom is -0.491 e. The van der Waals surface area contributed by atoms with Crippen LogP contribution in [0.1, 0.15) is 37.3 Å². The fraction of sp³-hybridized carbons (Fsp3) is 0.529. The van der Waals surface area contributed by atoms with Gasteiger partial charge < -0.3 is 14.0 Å². The number of ether oxygens (including phenoxy) is 2. The topological polar surface area (TPSA) is 49.2 Å². The van der Waals surface area contributed by atoms with Gasteiger partial charge in [0.15, 0.2) is 5.16 Å². The van der Waals surface area contributed by atoms with Crippen LogP contribution in [0.3, 0.4) is 0 Å². The molecule has 2 aliphatic rings. The zero-order valence-corrected chi connectivity index (χ0v) is 13.9. The molecular weight excluding hydrogens is 310 g/mol. The first-order valence-corrected chi connectivity index (χ1v) is 9.23. The minimum absolute atomic E-state index is 0.263. The Bertz CT molecular complexity index is 634. The third-order valence-corrected chi connectivity index (χ3v) is 5.26. The molecule has 4 rings (SSSR count). The molecule has 0 N–H and O–H groups in total. The van der Waals surface area contributed by atoms with Crippen LogP contribution in [-0.2, 0) is 10.5 Å². The van der Waals surface area contributed by atoms with Crippen LogP contribution in [0.4, 0.5) is 0 Å². The van der Waals surface area contributed by atoms with Crippen LogP contribution < -0.4 is 4.74 Å². The molecule has 2 aromatic rings. The Hall–Kier alpha value is -1.53. The van der Waals surface area contributed by atoms with Gasteiger partial charge in [0.2, 0.25) is 0 Å². The Morgan fingerprint density at radius 3 is 2.83 bits per heavy atom. The Morgan fingerprint density at radius 1 is 1.22 bits per heavy atom. The number of nitrogens with zero attached hydrogens (tertiary/aromatic N) is 3. The summed E-state index contributed by atoms with van der Waals surface area (Å²) < 4.78 is 13.6. The van der Waals surface area contributed by atoms with Crippen LogP contribution in [-0.4, -0.2) is 34.1 Å². The highest BCUT2D eigenvalue weighted by molar-refractivity contribution is 7.98. The van der Waals surface area contributed by atoms with Crippen molar-refractivity contribution in [3.8, 4) is 5.75 Å². The summed E-state index contributed by atoms with van der Waals surface area (Å²) >= 11 is 1.74. The number of aromatic nitrogens is 3. The molecule has 0 radical (unpaired) electrons. The summed E-state index contributed by atoms with van der Waals surface area (Å²) in [4.78, 5) is 0. The molecular formula is C17H21N3O2S. The number of hydrogen-bond acceptors (Lipinski definition) is 5. The molecule has 2 fully saturated rings. The second-order valence-corrected chi connectivity index (χ2v) is 7.07. The van der Waals surface area contributed by atoms with E-state index in [1.54, 1.807) is 11.8 Å². The predicted octanol–water partition coefficient (Wildman–Crippen LogP) is 3.46. The third kappa shape index (κ3) is 3.87. The zero-order valence-electron chi connectivity index (χ0n) is 13.1. The predicted molar refractivity (Wildman–Crippen MR) is 88.8 cm³/mol. The molecule has 0 bridgehead atoms. The molecule has 0 spiro atoms. The van der Waals surface area contributed by atoms with E-state index in [2.05, 4.69) is 26.9 Å². The first kappa shape index (κ1) is 15.0. The van der Waals surface area contributed by atoms with Gasteiger partial charge in [0, 0.05) is 18.4 Å². The normalized spacial score (nSPS) is 20.8. The maximum atomic E-state index is 5.80. The van der Waals surface area contributed by atoms with Crippen LogP contribution in [0.5, 0.6) is 5.75 Å². The summed E-state index contributed by atoms with van der Waals surface area (Å²) in [7, 11) is 0. The molecule has 1 saturated heterocycles. The highest BCUT2D eigenvalue weighted by Crippen LogP contribution is 2.37. The highest BCUT2D eigenvalue weighted by Gasteiger charge is 2.26. The first-order chi connectivity index (χ1) is 11.4. The lowest BCUT2D eigenvalue weighted by Gasteiger charge is -2.11. The van der Waals surface area contributed by atoms with Gasteiger partial charge in [-0.1, -0.05) is 23.9 Å². The first-order valence-electron chi connectivity index (χ1n) is 8.24. The second-order valence-electron chi connectivity index (χ2n) is 6.13. The summed E-state index contributed by atoms with van der Waals surface area (Å²) in [5.74, 6) is 1.81. The zero-order chi connectivity index (χ0) is 15.5. The average Bonchev–Trinajstić information content (AvgIpc) is 3.11. The number of rotatable bonds is 7. The van der Waals surface area contributed by atoms with Gasteiger partial charge in [0.25, 0.3) is 0 Å². The van der Waals surface area contributed by atoms with Gasteiger partial charge in [-0.2, -0.15) is 0 Å². The van der Waals surface area contributed by atoms with Gasteiger partial charge in [-0.25, -0.2) is 0 Å². The van der Waals surface area contributed by atoms with Crippen molar-refractivity contribution < 1.29 is 9.47 Å². The number of thioether (sulfide) groups is 1. The largest absolute Gasteiger partial charge is 0.491 e. The SMILES string of the molecule is c1cc(OCC2CCCO2)ccc1CSc1nncn1C1CC1. The van der Waals surface area contributed by atoms with Crippen molar-refractivity contribution in [2.45, 2.75) is 48.7 Å². The summed E-state index contributed by atoms with van der Waals surface area (Å²) in [6.07, 6.45) is 6.87. The van der Waals surface area contributed by atoms with Crippen LogP contribution in [0.25, 0.3) is 0 Å². The Morgan fingerprint density at radius 2 is 2.09 bits per heavy atom. The molecule has 5 nitrogen and oxygen atoms in total. The van der Waals surface area contributed by atoms with E-state index in [4.69, 9.17) is 9.47 Å². The van der Waals surface area contributed by atoms with E-state index in [-0.39, 0.29) is 6.10 Å². The molecule has 23 heavy (non-hydrogen) atoms. The lowest BCUT2D eigenvalue weighted by molar-refractivity contribution is 0.0679. The van der Waals surface area contributed by atoms with E-state index in [0.29, 0.717) is 12.6 Å². The van der Waals surface area contributed by atoms with Gasteiger partial charge in [-0.3, -0.25) is 0 Å². The second kappa shape index (κ2) is 6.93. The fourth-order valence-electron chi connectivity index (χ4n) is 2.73. The van der Waals surface area contributed by atoms with Gasteiger partial charge in [0.1, 0.15) is 18.7 Å². The van der Waals surface area contributed by atoms with Crippen molar-refractivity contribution in [3.05, 3.63) is 36.2 Å². The molecule has 1 aliphatic heterocycles. The quantitative estimate of drug-likeness (QED) is 0.727. The molecule has 1 atom stereocenters. The monoisotopic (exact) mass is 331 g/mol. The Labute approximate surface area is 140 Å². The molecule has 1 aromatic heterocycles. The molecule has 1 saturated carbocycles. The third-order valence-electron chi connectivity index (χ3n) is 4.23. The van der Waals surface area contributed by atoms with E-state index < -0.39 is 0 Å². The molecule has 1 aromatic carbocycles. The van der Waals surface area contributed by atoms with Crippen molar-refractivity contribution in [2.24, 2.45) is 0 Å². The van der Waals surface area contributed by atoms with Crippen LogP contribution in [0.15, 0.2) is 35.7 Å². The molecule has 1 unspecified atom stereocenters. The summed E-state index contributed by atoms with van der Waals surface area (Å²) in [6, 6.07) is 8.94. The smallest absolute Gasteiger partial charge is 0.191 e. The highest BCUT2D eigenvalue weighted by atomic mass is 32.2. The Kier molecular flexibility index (Phi) is 4.52. The van der Waals surface area contributed by atoms with E-state index >= 15 is 0 Å². The lowest BCUT2D eigenvalue weighted by atomic mass is 10.2. The van der Waals surface area contributed by atoms with Crippen molar-refractivity contribution in [1.82, 2.24) is 14.8 Å². The van der Waals surface area contributed by atoms with Crippen molar-refractivity contribution in [2.75, 3.05) is 13.2 Å². The standard InChI is InChI=1S/C17H21N3O2S/c1-2-16(21-9-1)10-22-15-7-3-13(4-8-15)11-23-17-19-18-12-20(17)14-5-6-14/h3-4,7-8,12,14,16H,1-2,5-6,9-11H2. The van der Waals surface area contributed by atoms with E-state index in [0.717, 1.165) is 36.1 Å². The minimum atomic E-state index is 0.263. The van der Waals surface area contributed by atoms with E-state index in [1.165, 1.54) is 18.4 Å². The van der Waals surface area contributed by atoms with Crippen molar-refractivity contribution in [3.63, 3.8) is 0 Å². The maximum absolute atomic E-state index is 5.80. The molecule has 2 heterocycles. The van der Waals surface area contributed by atoms with Gasteiger partial charge in [-0.15, -0.1) is 10.2 Å². The van der Waals surface area contributed by atoms with E-state index in [9.17, 15) is 0 Å². The Balaban J connectivity index is 1.28. The van der Waals surface area contributed by atoms with Crippen LogP contribution >= 0.6 is 11.8 Å². The van der Waals surface area contributed by atoms with Crippen LogP contribution in [0.2, 0.25) is 0 Å². The average molecular weight is 331 g/mol.